The number of benzene rings is 1. The molecule has 0 heterocycles. The lowest BCUT2D eigenvalue weighted by Gasteiger charge is -2.20. The van der Waals surface area contributed by atoms with Gasteiger partial charge in [0.25, 0.3) is 0 Å². The van der Waals surface area contributed by atoms with Crippen LogP contribution in [-0.2, 0) is 11.2 Å². The van der Waals surface area contributed by atoms with Crippen molar-refractivity contribution in [3.63, 3.8) is 0 Å². The molecule has 2 unspecified atom stereocenters. The van der Waals surface area contributed by atoms with Gasteiger partial charge in [0.2, 0.25) is 0 Å². The quantitative estimate of drug-likeness (QED) is 0.713. The molecule has 2 nitrogen and oxygen atoms in total. The molecule has 0 fully saturated rings. The van der Waals surface area contributed by atoms with Gasteiger partial charge in [0, 0.05) is 0 Å². The third-order valence-electron chi connectivity index (χ3n) is 3.88. The highest BCUT2D eigenvalue weighted by atomic mass is 19.1. The van der Waals surface area contributed by atoms with Crippen LogP contribution in [-0.4, -0.2) is 11.1 Å². The van der Waals surface area contributed by atoms with Gasteiger partial charge in [-0.25, -0.2) is 4.39 Å². The fourth-order valence-electron chi connectivity index (χ4n) is 2.60. The number of carboxylic acids is 1. The van der Waals surface area contributed by atoms with Gasteiger partial charge in [-0.3, -0.25) is 4.79 Å². The minimum Gasteiger partial charge on any atom is -0.481 e. The average molecular weight is 280 g/mol. The van der Waals surface area contributed by atoms with E-state index in [1.54, 1.807) is 12.1 Å². The molecule has 2 atom stereocenters. The molecule has 0 saturated carbocycles. The SMILES string of the molecule is CCCCC(CC)CC(Cc1cccc(F)c1)C(=O)O. The second kappa shape index (κ2) is 8.72. The van der Waals surface area contributed by atoms with E-state index in [1.165, 1.54) is 12.1 Å². The van der Waals surface area contributed by atoms with E-state index in [9.17, 15) is 14.3 Å². The molecule has 1 aromatic carbocycles. The number of carboxylic acid groups (broad SMARTS) is 1. The summed E-state index contributed by atoms with van der Waals surface area (Å²) in [6.07, 6.45) is 5.47. The molecule has 0 radical (unpaired) electrons. The van der Waals surface area contributed by atoms with Gasteiger partial charge in [0.15, 0.2) is 0 Å². The Bertz CT molecular complexity index is 417. The zero-order valence-electron chi connectivity index (χ0n) is 12.4. The molecule has 3 heteroatoms. The van der Waals surface area contributed by atoms with Gasteiger partial charge in [-0.15, -0.1) is 0 Å². The van der Waals surface area contributed by atoms with E-state index in [0.29, 0.717) is 18.8 Å². The van der Waals surface area contributed by atoms with Crippen LogP contribution in [0.25, 0.3) is 0 Å². The van der Waals surface area contributed by atoms with Crippen molar-refractivity contribution in [2.24, 2.45) is 11.8 Å². The Hall–Kier alpha value is -1.38. The van der Waals surface area contributed by atoms with Crippen LogP contribution in [0.2, 0.25) is 0 Å². The first-order valence-corrected chi connectivity index (χ1v) is 7.54. The number of halogens is 1. The largest absolute Gasteiger partial charge is 0.481 e. The number of unbranched alkanes of at least 4 members (excludes halogenated alkanes) is 1. The van der Waals surface area contributed by atoms with Crippen LogP contribution in [0.1, 0.15) is 51.5 Å². The lowest BCUT2D eigenvalue weighted by Crippen LogP contribution is -2.20. The summed E-state index contributed by atoms with van der Waals surface area (Å²) in [4.78, 5) is 11.4. The number of hydrogen-bond acceptors (Lipinski definition) is 1. The molecule has 0 aliphatic carbocycles. The molecule has 20 heavy (non-hydrogen) atoms. The zero-order valence-corrected chi connectivity index (χ0v) is 12.4. The van der Waals surface area contributed by atoms with Crippen molar-refractivity contribution < 1.29 is 14.3 Å². The minimum atomic E-state index is -0.774. The first-order chi connectivity index (χ1) is 9.56. The van der Waals surface area contributed by atoms with Crippen molar-refractivity contribution in [1.82, 2.24) is 0 Å². The zero-order chi connectivity index (χ0) is 15.0. The Kier molecular flexibility index (Phi) is 7.27. The predicted octanol–water partition coefficient (Wildman–Crippen LogP) is 4.68. The van der Waals surface area contributed by atoms with Crippen LogP contribution in [0.5, 0.6) is 0 Å². The maximum atomic E-state index is 13.2. The average Bonchev–Trinajstić information content (AvgIpc) is 2.42. The lowest BCUT2D eigenvalue weighted by atomic mass is 9.85. The van der Waals surface area contributed by atoms with Crippen molar-refractivity contribution >= 4 is 5.97 Å². The molecule has 0 aliphatic rings. The van der Waals surface area contributed by atoms with Crippen molar-refractivity contribution in [3.8, 4) is 0 Å². The molecular weight excluding hydrogens is 255 g/mol. The summed E-state index contributed by atoms with van der Waals surface area (Å²) in [5, 5.41) is 9.38. The number of hydrogen-bond donors (Lipinski definition) is 1. The van der Waals surface area contributed by atoms with Gasteiger partial charge in [-0.1, -0.05) is 51.7 Å². The van der Waals surface area contributed by atoms with Crippen molar-refractivity contribution in [1.29, 1.82) is 0 Å². The Morgan fingerprint density at radius 2 is 2.10 bits per heavy atom. The smallest absolute Gasteiger partial charge is 0.306 e. The maximum absolute atomic E-state index is 13.2. The molecule has 0 spiro atoms. The third kappa shape index (κ3) is 5.72. The Labute approximate surface area is 121 Å². The van der Waals surface area contributed by atoms with Crippen LogP contribution in [0.15, 0.2) is 24.3 Å². The first-order valence-electron chi connectivity index (χ1n) is 7.54. The number of carbonyl (C=O) groups is 1. The van der Waals surface area contributed by atoms with Crippen LogP contribution in [0, 0.1) is 17.7 Å². The van der Waals surface area contributed by atoms with E-state index in [2.05, 4.69) is 13.8 Å². The highest BCUT2D eigenvalue weighted by Crippen LogP contribution is 2.24. The van der Waals surface area contributed by atoms with Crippen molar-refractivity contribution in [3.05, 3.63) is 35.6 Å². The van der Waals surface area contributed by atoms with E-state index in [-0.39, 0.29) is 5.82 Å². The van der Waals surface area contributed by atoms with Crippen LogP contribution >= 0.6 is 0 Å². The molecule has 0 aromatic heterocycles. The van der Waals surface area contributed by atoms with Crippen LogP contribution in [0.4, 0.5) is 4.39 Å². The lowest BCUT2D eigenvalue weighted by molar-refractivity contribution is -0.142. The Morgan fingerprint density at radius 3 is 2.65 bits per heavy atom. The molecule has 0 aliphatic heterocycles. The Balaban J connectivity index is 2.66. The molecule has 0 saturated heterocycles. The summed E-state index contributed by atoms with van der Waals surface area (Å²) in [5.41, 5.74) is 0.766. The summed E-state index contributed by atoms with van der Waals surface area (Å²) in [6.45, 7) is 4.26. The molecule has 1 rings (SSSR count). The number of aliphatic carboxylic acids is 1. The van der Waals surface area contributed by atoms with Crippen molar-refractivity contribution in [2.75, 3.05) is 0 Å². The van der Waals surface area contributed by atoms with Gasteiger partial charge in [-0.2, -0.15) is 0 Å². The highest BCUT2D eigenvalue weighted by Gasteiger charge is 2.22. The van der Waals surface area contributed by atoms with Crippen LogP contribution in [0.3, 0.4) is 0 Å². The second-order valence-corrected chi connectivity index (χ2v) is 5.52. The minimum absolute atomic E-state index is 0.301. The van der Waals surface area contributed by atoms with E-state index in [1.807, 2.05) is 0 Å². The fraction of sp³-hybridized carbons (Fsp3) is 0.588. The monoisotopic (exact) mass is 280 g/mol. The molecule has 1 aromatic rings. The highest BCUT2D eigenvalue weighted by molar-refractivity contribution is 5.70. The van der Waals surface area contributed by atoms with Gasteiger partial charge >= 0.3 is 5.97 Å². The van der Waals surface area contributed by atoms with Crippen LogP contribution < -0.4 is 0 Å². The third-order valence-corrected chi connectivity index (χ3v) is 3.88. The molecule has 1 N–H and O–H groups in total. The Morgan fingerprint density at radius 1 is 1.35 bits per heavy atom. The van der Waals surface area contributed by atoms with E-state index in [4.69, 9.17) is 0 Å². The molecule has 0 amide bonds. The normalized spacial score (nSPS) is 13.9. The van der Waals surface area contributed by atoms with E-state index in [0.717, 1.165) is 31.2 Å². The maximum Gasteiger partial charge on any atom is 0.306 e. The first kappa shape index (κ1) is 16.7. The molecular formula is C17H25FO2. The number of rotatable bonds is 9. The standard InChI is InChI=1S/C17H25FO2/c1-3-5-7-13(4-2)10-15(17(19)20)11-14-8-6-9-16(18)12-14/h6,8-9,12-13,15H,3-5,7,10-11H2,1-2H3,(H,19,20). The molecule has 112 valence electrons. The second-order valence-electron chi connectivity index (χ2n) is 5.52. The van der Waals surface area contributed by atoms with Crippen molar-refractivity contribution in [2.45, 2.75) is 52.4 Å². The summed E-state index contributed by atoms with van der Waals surface area (Å²) in [6, 6.07) is 6.25. The van der Waals surface area contributed by atoms with E-state index >= 15 is 0 Å². The summed E-state index contributed by atoms with van der Waals surface area (Å²) < 4.78 is 13.2. The predicted molar refractivity (Wildman–Crippen MR) is 79.2 cm³/mol. The summed E-state index contributed by atoms with van der Waals surface area (Å²) in [5.74, 6) is -1.04. The van der Waals surface area contributed by atoms with Gasteiger partial charge in [-0.05, 0) is 36.5 Å². The molecule has 0 bridgehead atoms. The summed E-state index contributed by atoms with van der Waals surface area (Å²) in [7, 11) is 0. The van der Waals surface area contributed by atoms with Gasteiger partial charge in [0.1, 0.15) is 5.82 Å². The topological polar surface area (TPSA) is 37.3 Å². The fourth-order valence-corrected chi connectivity index (χ4v) is 2.60. The van der Waals surface area contributed by atoms with E-state index < -0.39 is 11.9 Å². The van der Waals surface area contributed by atoms with Gasteiger partial charge < -0.3 is 5.11 Å². The summed E-state index contributed by atoms with van der Waals surface area (Å²) >= 11 is 0. The van der Waals surface area contributed by atoms with Gasteiger partial charge in [0.05, 0.1) is 5.92 Å².